The van der Waals surface area contributed by atoms with Crippen LogP contribution in [0.5, 0.6) is 11.5 Å². The molecule has 0 aromatic heterocycles. The van der Waals surface area contributed by atoms with Crippen LogP contribution in [-0.2, 0) is 9.53 Å². The van der Waals surface area contributed by atoms with Crippen LogP contribution >= 0.6 is 0 Å². The number of rotatable bonds is 5. The van der Waals surface area contributed by atoms with Gasteiger partial charge in [-0.2, -0.15) is 0 Å². The van der Waals surface area contributed by atoms with E-state index < -0.39 is 0 Å². The Balaban J connectivity index is 1.69. The zero-order valence-corrected chi connectivity index (χ0v) is 16.9. The molecule has 2 aliphatic carbocycles. The Morgan fingerprint density at radius 1 is 1.39 bits per heavy atom. The average Bonchev–Trinajstić information content (AvgIpc) is 3.15. The number of nitrogens with one attached hydrogen (secondary N) is 1. The van der Waals surface area contributed by atoms with Gasteiger partial charge in [-0.1, -0.05) is 26.0 Å². The maximum Gasteiger partial charge on any atom is 0.222 e. The standard InChI is InChI=1S/C22H31NO5/c1-21(2)13-11-15-19(14-5-4-6-16(27-3)18(14)26)28-10-8-22(15,12-13)20(21)23-17(25)7-9-24/h4-6,13,15,19-20,24,26H,7-12H2,1-3H3,(H,23,25)/t13-,15-,19-,20+,22?/m1/s1. The molecule has 6 heteroatoms. The van der Waals surface area contributed by atoms with Crippen molar-refractivity contribution < 1.29 is 24.5 Å². The second-order valence-corrected chi connectivity index (χ2v) is 9.21. The van der Waals surface area contributed by atoms with Gasteiger partial charge in [0.1, 0.15) is 0 Å². The number of phenolic OH excluding ortho intramolecular Hbond substituents is 1. The highest BCUT2D eigenvalue weighted by Crippen LogP contribution is 2.70. The van der Waals surface area contributed by atoms with E-state index in [4.69, 9.17) is 14.6 Å². The van der Waals surface area contributed by atoms with Gasteiger partial charge in [-0.25, -0.2) is 0 Å². The molecule has 1 aromatic carbocycles. The lowest BCUT2D eigenvalue weighted by atomic mass is 9.58. The van der Waals surface area contributed by atoms with Gasteiger partial charge in [0.15, 0.2) is 11.5 Å². The molecule has 1 saturated heterocycles. The van der Waals surface area contributed by atoms with Crippen LogP contribution in [-0.4, -0.2) is 42.5 Å². The van der Waals surface area contributed by atoms with Crippen molar-refractivity contribution in [2.75, 3.05) is 20.3 Å². The molecule has 2 saturated carbocycles. The van der Waals surface area contributed by atoms with Crippen molar-refractivity contribution >= 4 is 5.91 Å². The number of benzene rings is 1. The molecule has 1 aromatic rings. The normalized spacial score (nSPS) is 35.4. The quantitative estimate of drug-likeness (QED) is 0.721. The third kappa shape index (κ3) is 2.72. The summed E-state index contributed by atoms with van der Waals surface area (Å²) in [6.07, 6.45) is 2.93. The highest BCUT2D eigenvalue weighted by Gasteiger charge is 2.68. The topological polar surface area (TPSA) is 88.0 Å². The number of phenols is 1. The summed E-state index contributed by atoms with van der Waals surface area (Å²) in [6, 6.07) is 5.59. The van der Waals surface area contributed by atoms with E-state index in [9.17, 15) is 9.90 Å². The van der Waals surface area contributed by atoms with Gasteiger partial charge in [0, 0.05) is 24.6 Å². The number of carbonyl (C=O) groups excluding carboxylic acids is 1. The van der Waals surface area contributed by atoms with Gasteiger partial charge in [0.05, 0.1) is 19.8 Å². The Labute approximate surface area is 166 Å². The van der Waals surface area contributed by atoms with Crippen molar-refractivity contribution in [3.63, 3.8) is 0 Å². The first-order valence-electron chi connectivity index (χ1n) is 10.2. The minimum atomic E-state index is -0.206. The first kappa shape index (κ1) is 19.5. The fourth-order valence-corrected chi connectivity index (χ4v) is 6.36. The molecule has 3 aliphatic rings. The number of ether oxygens (including phenoxy) is 2. The summed E-state index contributed by atoms with van der Waals surface area (Å²) in [6.45, 7) is 4.97. The number of hydrogen-bond donors (Lipinski definition) is 3. The number of hydrogen-bond acceptors (Lipinski definition) is 5. The summed E-state index contributed by atoms with van der Waals surface area (Å²) in [5, 5.41) is 23.1. The molecule has 28 heavy (non-hydrogen) atoms. The molecule has 1 spiro atoms. The zero-order chi connectivity index (χ0) is 20.1. The average molecular weight is 389 g/mol. The SMILES string of the molecule is COc1cccc([C@H]2OCCC34C[C@@H](C[C@H]23)C(C)(C)[C@@H]4NC(=O)CCO)c1O. The second-order valence-electron chi connectivity index (χ2n) is 9.21. The van der Waals surface area contributed by atoms with E-state index in [1.807, 2.05) is 12.1 Å². The number of aliphatic hydroxyl groups excluding tert-OH is 1. The lowest BCUT2D eigenvalue weighted by Gasteiger charge is -2.53. The van der Waals surface area contributed by atoms with E-state index in [1.54, 1.807) is 13.2 Å². The fraction of sp³-hybridized carbons (Fsp3) is 0.682. The molecule has 4 rings (SSSR count). The van der Waals surface area contributed by atoms with Crippen molar-refractivity contribution in [2.24, 2.45) is 22.7 Å². The number of aliphatic hydroxyl groups is 1. The molecular formula is C22H31NO5. The molecule has 1 aliphatic heterocycles. The van der Waals surface area contributed by atoms with Crippen molar-refractivity contribution in [2.45, 2.75) is 51.7 Å². The van der Waals surface area contributed by atoms with Gasteiger partial charge in [0.2, 0.25) is 5.91 Å². The molecule has 1 amide bonds. The maximum absolute atomic E-state index is 12.4. The van der Waals surface area contributed by atoms with E-state index in [1.165, 1.54) is 0 Å². The molecule has 1 heterocycles. The van der Waals surface area contributed by atoms with Crippen LogP contribution in [0.4, 0.5) is 0 Å². The van der Waals surface area contributed by atoms with Crippen LogP contribution in [0.15, 0.2) is 18.2 Å². The summed E-state index contributed by atoms with van der Waals surface area (Å²) in [7, 11) is 1.55. The molecule has 1 unspecified atom stereocenters. The smallest absolute Gasteiger partial charge is 0.222 e. The highest BCUT2D eigenvalue weighted by atomic mass is 16.5. The van der Waals surface area contributed by atoms with Crippen LogP contribution in [0.1, 0.15) is 51.2 Å². The lowest BCUT2D eigenvalue weighted by molar-refractivity contribution is -0.138. The number of fused-ring (bicyclic) bond motifs is 1. The van der Waals surface area contributed by atoms with E-state index in [0.717, 1.165) is 24.8 Å². The zero-order valence-electron chi connectivity index (χ0n) is 16.9. The van der Waals surface area contributed by atoms with Crippen molar-refractivity contribution in [3.8, 4) is 11.5 Å². The Morgan fingerprint density at radius 2 is 2.18 bits per heavy atom. The third-order valence-corrected chi connectivity index (χ3v) is 7.71. The first-order valence-corrected chi connectivity index (χ1v) is 10.2. The van der Waals surface area contributed by atoms with Crippen molar-refractivity contribution in [1.29, 1.82) is 0 Å². The number of aromatic hydroxyl groups is 1. The Morgan fingerprint density at radius 3 is 2.89 bits per heavy atom. The van der Waals surface area contributed by atoms with E-state index in [0.29, 0.717) is 18.3 Å². The minimum absolute atomic E-state index is 0.0000712. The molecule has 3 N–H and O–H groups in total. The van der Waals surface area contributed by atoms with Crippen LogP contribution < -0.4 is 10.1 Å². The van der Waals surface area contributed by atoms with Crippen LogP contribution in [0.25, 0.3) is 0 Å². The molecule has 5 atom stereocenters. The summed E-state index contributed by atoms with van der Waals surface area (Å²) in [5.41, 5.74) is 0.728. The summed E-state index contributed by atoms with van der Waals surface area (Å²) < 4.78 is 11.5. The van der Waals surface area contributed by atoms with Crippen LogP contribution in [0.3, 0.4) is 0 Å². The summed E-state index contributed by atoms with van der Waals surface area (Å²) in [5.74, 6) is 1.24. The number of amides is 1. The largest absolute Gasteiger partial charge is 0.504 e. The summed E-state index contributed by atoms with van der Waals surface area (Å²) in [4.78, 5) is 12.4. The van der Waals surface area contributed by atoms with Crippen LogP contribution in [0, 0.1) is 22.7 Å². The van der Waals surface area contributed by atoms with Crippen molar-refractivity contribution in [3.05, 3.63) is 23.8 Å². The van der Waals surface area contributed by atoms with Gasteiger partial charge < -0.3 is 25.0 Å². The third-order valence-electron chi connectivity index (χ3n) is 7.71. The minimum Gasteiger partial charge on any atom is -0.504 e. The Kier molecular flexibility index (Phi) is 4.82. The number of carbonyl (C=O) groups is 1. The fourth-order valence-electron chi connectivity index (χ4n) is 6.36. The predicted octanol–water partition coefficient (Wildman–Crippen LogP) is 2.78. The first-order chi connectivity index (χ1) is 13.3. The molecule has 3 fully saturated rings. The van der Waals surface area contributed by atoms with Crippen LogP contribution in [0.2, 0.25) is 0 Å². The van der Waals surface area contributed by atoms with Crippen molar-refractivity contribution in [1.82, 2.24) is 5.32 Å². The summed E-state index contributed by atoms with van der Waals surface area (Å²) >= 11 is 0. The predicted molar refractivity (Wildman–Crippen MR) is 104 cm³/mol. The maximum atomic E-state index is 12.4. The highest BCUT2D eigenvalue weighted by molar-refractivity contribution is 5.76. The van der Waals surface area contributed by atoms with Gasteiger partial charge in [-0.15, -0.1) is 0 Å². The lowest BCUT2D eigenvalue weighted by Crippen LogP contribution is -2.59. The molecular weight excluding hydrogens is 358 g/mol. The monoisotopic (exact) mass is 389 g/mol. The van der Waals surface area contributed by atoms with Gasteiger partial charge in [-0.05, 0) is 48.0 Å². The Hall–Kier alpha value is -1.79. The molecule has 0 radical (unpaired) electrons. The Bertz CT molecular complexity index is 763. The van der Waals surface area contributed by atoms with Gasteiger partial charge in [-0.3, -0.25) is 4.79 Å². The number of methoxy groups -OCH3 is 1. The molecule has 154 valence electrons. The molecule has 2 bridgehead atoms. The van der Waals surface area contributed by atoms with E-state index in [2.05, 4.69) is 19.2 Å². The van der Waals surface area contributed by atoms with E-state index in [-0.39, 0.29) is 53.6 Å². The van der Waals surface area contributed by atoms with Gasteiger partial charge in [0.25, 0.3) is 0 Å². The molecule has 6 nitrogen and oxygen atoms in total. The van der Waals surface area contributed by atoms with Gasteiger partial charge >= 0.3 is 0 Å². The number of para-hydroxylation sites is 1. The van der Waals surface area contributed by atoms with E-state index >= 15 is 0 Å². The second kappa shape index (κ2) is 6.92.